The van der Waals surface area contributed by atoms with Crippen LogP contribution in [0.15, 0.2) is 29.2 Å². The van der Waals surface area contributed by atoms with Gasteiger partial charge in [-0.25, -0.2) is 0 Å². The number of carboxylic acids is 1. The fourth-order valence-corrected chi connectivity index (χ4v) is 4.57. The second kappa shape index (κ2) is 6.01. The van der Waals surface area contributed by atoms with Crippen molar-refractivity contribution in [2.75, 3.05) is 6.26 Å². The Hall–Kier alpha value is -1.00. The Balaban J connectivity index is 1.71. The SMILES string of the molecule is CSc1ccc(C(C)NC2C3CCC(C3)C2C(=O)O)cc1. The van der Waals surface area contributed by atoms with Gasteiger partial charge in [-0.1, -0.05) is 12.1 Å². The van der Waals surface area contributed by atoms with Crippen molar-refractivity contribution in [1.82, 2.24) is 5.32 Å². The van der Waals surface area contributed by atoms with Crippen molar-refractivity contribution < 1.29 is 9.90 Å². The first kappa shape index (κ1) is 14.9. The van der Waals surface area contributed by atoms with Crippen LogP contribution in [0.25, 0.3) is 0 Å². The van der Waals surface area contributed by atoms with Gasteiger partial charge in [0.25, 0.3) is 0 Å². The van der Waals surface area contributed by atoms with E-state index in [0.29, 0.717) is 11.8 Å². The van der Waals surface area contributed by atoms with E-state index in [4.69, 9.17) is 0 Å². The highest BCUT2D eigenvalue weighted by molar-refractivity contribution is 7.98. The first-order valence-electron chi connectivity index (χ1n) is 7.73. The summed E-state index contributed by atoms with van der Waals surface area (Å²) in [7, 11) is 0. The number of nitrogens with one attached hydrogen (secondary N) is 1. The lowest BCUT2D eigenvalue weighted by molar-refractivity contribution is -0.144. The minimum atomic E-state index is -0.621. The number of fused-ring (bicyclic) bond motifs is 2. The Morgan fingerprint density at radius 3 is 2.57 bits per heavy atom. The van der Waals surface area contributed by atoms with E-state index in [2.05, 4.69) is 42.8 Å². The largest absolute Gasteiger partial charge is 0.481 e. The molecule has 21 heavy (non-hydrogen) atoms. The molecule has 0 aromatic heterocycles. The molecule has 2 aliphatic rings. The summed E-state index contributed by atoms with van der Waals surface area (Å²) in [5.74, 6) is 0.112. The van der Waals surface area contributed by atoms with Crippen LogP contribution in [0.3, 0.4) is 0 Å². The summed E-state index contributed by atoms with van der Waals surface area (Å²) in [6.45, 7) is 2.14. The first-order chi connectivity index (χ1) is 10.1. The van der Waals surface area contributed by atoms with Gasteiger partial charge in [-0.3, -0.25) is 4.79 Å². The fourth-order valence-electron chi connectivity index (χ4n) is 4.16. The molecule has 4 heteroatoms. The molecule has 2 saturated carbocycles. The Morgan fingerprint density at radius 2 is 1.95 bits per heavy atom. The zero-order chi connectivity index (χ0) is 15.0. The van der Waals surface area contributed by atoms with E-state index >= 15 is 0 Å². The number of hydrogen-bond acceptors (Lipinski definition) is 3. The predicted octanol–water partition coefficient (Wildman–Crippen LogP) is 3.56. The van der Waals surface area contributed by atoms with E-state index < -0.39 is 5.97 Å². The van der Waals surface area contributed by atoms with Gasteiger partial charge in [-0.05, 0) is 62.0 Å². The van der Waals surface area contributed by atoms with Crippen LogP contribution in [0.4, 0.5) is 0 Å². The number of benzene rings is 1. The van der Waals surface area contributed by atoms with Crippen molar-refractivity contribution in [2.45, 2.75) is 43.2 Å². The lowest BCUT2D eigenvalue weighted by Crippen LogP contribution is -2.45. The van der Waals surface area contributed by atoms with Crippen LogP contribution in [0, 0.1) is 17.8 Å². The number of hydrogen-bond donors (Lipinski definition) is 2. The van der Waals surface area contributed by atoms with Crippen LogP contribution in [0.2, 0.25) is 0 Å². The van der Waals surface area contributed by atoms with Crippen molar-refractivity contribution in [2.24, 2.45) is 17.8 Å². The standard InChI is InChI=1S/C17H23NO2S/c1-10(11-5-7-14(21-2)8-6-11)18-16-13-4-3-12(9-13)15(16)17(19)20/h5-8,10,12-13,15-16,18H,3-4,9H2,1-2H3,(H,19,20). The van der Waals surface area contributed by atoms with Crippen LogP contribution in [0.5, 0.6) is 0 Å². The van der Waals surface area contributed by atoms with E-state index in [1.807, 2.05) is 0 Å². The highest BCUT2D eigenvalue weighted by Gasteiger charge is 2.51. The van der Waals surface area contributed by atoms with Crippen LogP contribution in [-0.2, 0) is 4.79 Å². The lowest BCUT2D eigenvalue weighted by atomic mass is 9.84. The third kappa shape index (κ3) is 2.84. The van der Waals surface area contributed by atoms with Crippen molar-refractivity contribution in [3.05, 3.63) is 29.8 Å². The van der Waals surface area contributed by atoms with Gasteiger partial charge in [-0.2, -0.15) is 0 Å². The van der Waals surface area contributed by atoms with Gasteiger partial charge in [0.1, 0.15) is 0 Å². The summed E-state index contributed by atoms with van der Waals surface area (Å²) in [6.07, 6.45) is 5.44. The summed E-state index contributed by atoms with van der Waals surface area (Å²) < 4.78 is 0. The van der Waals surface area contributed by atoms with E-state index in [1.165, 1.54) is 16.9 Å². The minimum absolute atomic E-state index is 0.136. The summed E-state index contributed by atoms with van der Waals surface area (Å²) in [5, 5.41) is 13.1. The molecular formula is C17H23NO2S. The van der Waals surface area contributed by atoms with Gasteiger partial charge < -0.3 is 10.4 Å². The summed E-state index contributed by atoms with van der Waals surface area (Å²) >= 11 is 1.74. The van der Waals surface area contributed by atoms with Crippen LogP contribution in [0.1, 0.15) is 37.8 Å². The molecule has 2 bridgehead atoms. The molecule has 3 rings (SSSR count). The highest BCUT2D eigenvalue weighted by atomic mass is 32.2. The van der Waals surface area contributed by atoms with Gasteiger partial charge in [0.15, 0.2) is 0 Å². The van der Waals surface area contributed by atoms with Crippen molar-refractivity contribution in [1.29, 1.82) is 0 Å². The predicted molar refractivity (Wildman–Crippen MR) is 85.5 cm³/mol. The van der Waals surface area contributed by atoms with Gasteiger partial charge in [0.2, 0.25) is 0 Å². The summed E-state index contributed by atoms with van der Waals surface area (Å²) in [4.78, 5) is 12.8. The molecule has 5 unspecified atom stereocenters. The highest BCUT2D eigenvalue weighted by Crippen LogP contribution is 2.49. The van der Waals surface area contributed by atoms with Crippen LogP contribution >= 0.6 is 11.8 Å². The zero-order valence-corrected chi connectivity index (χ0v) is 13.4. The molecule has 114 valence electrons. The number of carboxylic acid groups (broad SMARTS) is 1. The zero-order valence-electron chi connectivity index (χ0n) is 12.6. The van der Waals surface area contributed by atoms with E-state index in [0.717, 1.165) is 12.8 Å². The molecule has 2 fully saturated rings. The van der Waals surface area contributed by atoms with Gasteiger partial charge in [-0.15, -0.1) is 11.8 Å². The molecule has 5 atom stereocenters. The molecule has 0 spiro atoms. The number of carbonyl (C=O) groups is 1. The van der Waals surface area contributed by atoms with Crippen molar-refractivity contribution in [3.63, 3.8) is 0 Å². The average molecular weight is 305 g/mol. The maximum atomic E-state index is 11.6. The Kier molecular flexibility index (Phi) is 4.27. The maximum Gasteiger partial charge on any atom is 0.308 e. The normalized spacial score (nSPS) is 32.3. The molecule has 0 radical (unpaired) electrons. The van der Waals surface area contributed by atoms with Crippen molar-refractivity contribution in [3.8, 4) is 0 Å². The Bertz CT molecular complexity index is 516. The molecule has 1 aromatic carbocycles. The van der Waals surface area contributed by atoms with E-state index in [-0.39, 0.29) is 18.0 Å². The molecule has 2 aliphatic carbocycles. The van der Waals surface area contributed by atoms with Gasteiger partial charge >= 0.3 is 5.97 Å². The first-order valence-corrected chi connectivity index (χ1v) is 8.95. The molecule has 0 heterocycles. The van der Waals surface area contributed by atoms with Gasteiger partial charge in [0.05, 0.1) is 5.92 Å². The quantitative estimate of drug-likeness (QED) is 0.817. The molecule has 0 saturated heterocycles. The third-order valence-corrected chi connectivity index (χ3v) is 6.00. The molecule has 0 aliphatic heterocycles. The topological polar surface area (TPSA) is 49.3 Å². The molecule has 3 nitrogen and oxygen atoms in total. The number of rotatable bonds is 5. The van der Waals surface area contributed by atoms with E-state index in [9.17, 15) is 9.90 Å². The molecule has 1 aromatic rings. The molecule has 2 N–H and O–H groups in total. The van der Waals surface area contributed by atoms with Gasteiger partial charge in [0, 0.05) is 17.0 Å². The fraction of sp³-hybridized carbons (Fsp3) is 0.588. The molecular weight excluding hydrogens is 282 g/mol. The summed E-state index contributed by atoms with van der Waals surface area (Å²) in [5.41, 5.74) is 1.24. The second-order valence-corrected chi connectivity index (χ2v) is 7.26. The Labute approximate surface area is 130 Å². The van der Waals surface area contributed by atoms with Crippen LogP contribution in [-0.4, -0.2) is 23.4 Å². The Morgan fingerprint density at radius 1 is 1.29 bits per heavy atom. The maximum absolute atomic E-state index is 11.6. The number of thioether (sulfide) groups is 1. The second-order valence-electron chi connectivity index (χ2n) is 6.38. The smallest absolute Gasteiger partial charge is 0.308 e. The molecule has 0 amide bonds. The third-order valence-electron chi connectivity index (χ3n) is 5.26. The number of aliphatic carboxylic acids is 1. The minimum Gasteiger partial charge on any atom is -0.481 e. The van der Waals surface area contributed by atoms with Crippen molar-refractivity contribution >= 4 is 17.7 Å². The lowest BCUT2D eigenvalue weighted by Gasteiger charge is -2.31. The van der Waals surface area contributed by atoms with Crippen LogP contribution < -0.4 is 5.32 Å². The summed E-state index contributed by atoms with van der Waals surface area (Å²) in [6, 6.07) is 8.89. The van der Waals surface area contributed by atoms with E-state index in [1.54, 1.807) is 11.8 Å². The average Bonchev–Trinajstić information content (AvgIpc) is 3.08. The monoisotopic (exact) mass is 305 g/mol.